The van der Waals surface area contributed by atoms with Gasteiger partial charge in [0.05, 0.1) is 0 Å². The van der Waals surface area contributed by atoms with Gasteiger partial charge < -0.3 is 10.0 Å². The van der Waals surface area contributed by atoms with Crippen molar-refractivity contribution in [1.29, 1.82) is 0 Å². The lowest BCUT2D eigenvalue weighted by Gasteiger charge is -2.39. The second-order valence-electron chi connectivity index (χ2n) is 6.36. The molecule has 1 saturated carbocycles. The molecule has 2 aliphatic carbocycles. The van der Waals surface area contributed by atoms with Gasteiger partial charge in [0.2, 0.25) is 5.91 Å². The first-order valence-corrected chi connectivity index (χ1v) is 7.61. The van der Waals surface area contributed by atoms with Crippen LogP contribution in [0.25, 0.3) is 0 Å². The van der Waals surface area contributed by atoms with Crippen molar-refractivity contribution in [2.45, 2.75) is 38.0 Å². The summed E-state index contributed by atoms with van der Waals surface area (Å²) < 4.78 is 0. The van der Waals surface area contributed by atoms with Crippen molar-refractivity contribution in [2.75, 3.05) is 13.6 Å². The van der Waals surface area contributed by atoms with Gasteiger partial charge in [-0.1, -0.05) is 30.7 Å². The largest absolute Gasteiger partial charge is 0.480 e. The molecule has 1 aromatic carbocycles. The van der Waals surface area contributed by atoms with E-state index in [-0.39, 0.29) is 5.91 Å². The zero-order valence-electron chi connectivity index (χ0n) is 12.3. The van der Waals surface area contributed by atoms with Crippen molar-refractivity contribution in [1.82, 2.24) is 4.90 Å². The monoisotopic (exact) mass is 287 g/mol. The highest BCUT2D eigenvalue weighted by atomic mass is 16.4. The van der Waals surface area contributed by atoms with Gasteiger partial charge in [-0.05, 0) is 36.8 Å². The van der Waals surface area contributed by atoms with Gasteiger partial charge in [0, 0.05) is 19.5 Å². The van der Waals surface area contributed by atoms with Crippen molar-refractivity contribution in [3.63, 3.8) is 0 Å². The number of amides is 1. The average molecular weight is 287 g/mol. The number of benzene rings is 1. The maximum Gasteiger partial charge on any atom is 0.319 e. The molecule has 4 nitrogen and oxygen atoms in total. The highest BCUT2D eigenvalue weighted by Crippen LogP contribution is 2.43. The van der Waals surface area contributed by atoms with Gasteiger partial charge in [0.25, 0.3) is 0 Å². The molecule has 4 heteroatoms. The summed E-state index contributed by atoms with van der Waals surface area (Å²) in [6, 6.07) is 8.34. The Bertz CT molecular complexity index is 577. The molecular formula is C17H21NO3. The zero-order valence-corrected chi connectivity index (χ0v) is 12.3. The standard InChI is InChI=1S/C17H21NO3/c1-18(15(19)17(16(20)21)9-4-10-17)11-13-8-7-12-5-2-3-6-14(12)13/h2-3,5-6,13H,4,7-11H2,1H3,(H,20,21). The number of likely N-dealkylation sites (N-methyl/N-ethyl adjacent to an activating group) is 1. The number of fused-ring (bicyclic) bond motifs is 1. The molecule has 3 rings (SSSR count). The van der Waals surface area contributed by atoms with E-state index in [9.17, 15) is 14.7 Å². The molecule has 112 valence electrons. The molecule has 0 aliphatic heterocycles. The molecule has 1 atom stereocenters. The van der Waals surface area contributed by atoms with Crippen LogP contribution < -0.4 is 0 Å². The van der Waals surface area contributed by atoms with Crippen molar-refractivity contribution in [2.24, 2.45) is 5.41 Å². The van der Waals surface area contributed by atoms with Gasteiger partial charge in [0.1, 0.15) is 5.41 Å². The van der Waals surface area contributed by atoms with Crippen LogP contribution in [0.15, 0.2) is 24.3 Å². The molecule has 2 aliphatic rings. The number of carbonyl (C=O) groups is 2. The van der Waals surface area contributed by atoms with Crippen LogP contribution in [-0.2, 0) is 16.0 Å². The van der Waals surface area contributed by atoms with E-state index in [2.05, 4.69) is 12.1 Å². The third-order valence-electron chi connectivity index (χ3n) is 5.12. The third kappa shape index (κ3) is 2.23. The fraction of sp³-hybridized carbons (Fsp3) is 0.529. The molecule has 1 N–H and O–H groups in total. The van der Waals surface area contributed by atoms with Gasteiger partial charge in [-0.3, -0.25) is 9.59 Å². The number of carboxylic acids is 1. The van der Waals surface area contributed by atoms with Crippen LogP contribution in [0.5, 0.6) is 0 Å². The van der Waals surface area contributed by atoms with Crippen molar-refractivity contribution in [3.05, 3.63) is 35.4 Å². The van der Waals surface area contributed by atoms with Gasteiger partial charge in [-0.2, -0.15) is 0 Å². The Kier molecular flexibility index (Phi) is 3.47. The van der Waals surface area contributed by atoms with E-state index >= 15 is 0 Å². The normalized spacial score (nSPS) is 22.2. The minimum absolute atomic E-state index is 0.217. The molecule has 0 spiro atoms. The first-order valence-electron chi connectivity index (χ1n) is 7.61. The van der Waals surface area contributed by atoms with Gasteiger partial charge >= 0.3 is 5.97 Å². The van der Waals surface area contributed by atoms with E-state index in [1.807, 2.05) is 12.1 Å². The van der Waals surface area contributed by atoms with Crippen LogP contribution in [-0.4, -0.2) is 35.5 Å². The van der Waals surface area contributed by atoms with Crippen molar-refractivity contribution < 1.29 is 14.7 Å². The molecule has 0 bridgehead atoms. The lowest BCUT2D eigenvalue weighted by Crippen LogP contribution is -2.52. The quantitative estimate of drug-likeness (QED) is 0.865. The van der Waals surface area contributed by atoms with Crippen molar-refractivity contribution >= 4 is 11.9 Å². The molecular weight excluding hydrogens is 266 g/mol. The first kappa shape index (κ1) is 14.1. The Labute approximate surface area is 124 Å². The van der Waals surface area contributed by atoms with Crippen LogP contribution in [0.3, 0.4) is 0 Å². The number of carboxylic acid groups (broad SMARTS) is 1. The highest BCUT2D eigenvalue weighted by molar-refractivity contribution is 6.02. The molecule has 1 amide bonds. The van der Waals surface area contributed by atoms with Crippen LogP contribution in [0, 0.1) is 5.41 Å². The SMILES string of the molecule is CN(CC1CCc2ccccc21)C(=O)C1(C(=O)O)CCC1. The number of nitrogens with zero attached hydrogens (tertiary/aromatic N) is 1. The first-order chi connectivity index (χ1) is 10.0. The summed E-state index contributed by atoms with van der Waals surface area (Å²) in [4.78, 5) is 25.6. The van der Waals surface area contributed by atoms with Crippen LogP contribution in [0.4, 0.5) is 0 Å². The minimum atomic E-state index is -1.15. The number of aliphatic carboxylic acids is 1. The molecule has 0 saturated heterocycles. The molecule has 21 heavy (non-hydrogen) atoms. The Hall–Kier alpha value is -1.84. The lowest BCUT2D eigenvalue weighted by atomic mass is 9.67. The number of hydrogen-bond acceptors (Lipinski definition) is 2. The second kappa shape index (κ2) is 5.17. The summed E-state index contributed by atoms with van der Waals surface area (Å²) in [6.07, 6.45) is 3.88. The molecule has 0 heterocycles. The fourth-order valence-corrected chi connectivity index (χ4v) is 3.66. The predicted molar refractivity (Wildman–Crippen MR) is 79.1 cm³/mol. The molecule has 1 fully saturated rings. The van der Waals surface area contributed by atoms with E-state index in [1.54, 1.807) is 11.9 Å². The smallest absolute Gasteiger partial charge is 0.319 e. The minimum Gasteiger partial charge on any atom is -0.480 e. The molecule has 1 unspecified atom stereocenters. The number of aryl methyl sites for hydroxylation is 1. The Morgan fingerprint density at radius 2 is 2.05 bits per heavy atom. The zero-order chi connectivity index (χ0) is 15.0. The summed E-state index contributed by atoms with van der Waals surface area (Å²) >= 11 is 0. The Morgan fingerprint density at radius 1 is 1.33 bits per heavy atom. The second-order valence-corrected chi connectivity index (χ2v) is 6.36. The molecule has 1 aromatic rings. The predicted octanol–water partition coefficient (Wildman–Crippen LogP) is 2.43. The number of rotatable bonds is 4. The van der Waals surface area contributed by atoms with Gasteiger partial charge in [-0.25, -0.2) is 0 Å². The van der Waals surface area contributed by atoms with Crippen LogP contribution >= 0.6 is 0 Å². The summed E-state index contributed by atoms with van der Waals surface area (Å²) in [5, 5.41) is 9.37. The van der Waals surface area contributed by atoms with Crippen LogP contribution in [0.1, 0.15) is 42.7 Å². The van der Waals surface area contributed by atoms with Gasteiger partial charge in [-0.15, -0.1) is 0 Å². The third-order valence-corrected chi connectivity index (χ3v) is 5.12. The number of hydrogen-bond donors (Lipinski definition) is 1. The van der Waals surface area contributed by atoms with Crippen molar-refractivity contribution in [3.8, 4) is 0 Å². The van der Waals surface area contributed by atoms with Gasteiger partial charge in [0.15, 0.2) is 0 Å². The maximum atomic E-state index is 12.5. The van der Waals surface area contributed by atoms with Crippen LogP contribution in [0.2, 0.25) is 0 Å². The fourth-order valence-electron chi connectivity index (χ4n) is 3.66. The lowest BCUT2D eigenvalue weighted by molar-refractivity contribution is -0.166. The van der Waals surface area contributed by atoms with E-state index in [0.29, 0.717) is 25.3 Å². The number of carbonyl (C=O) groups excluding carboxylic acids is 1. The summed E-state index contributed by atoms with van der Waals surface area (Å²) in [7, 11) is 1.74. The summed E-state index contributed by atoms with van der Waals surface area (Å²) in [6.45, 7) is 0.616. The Morgan fingerprint density at radius 3 is 2.67 bits per heavy atom. The summed E-state index contributed by atoms with van der Waals surface area (Å²) in [5.74, 6) is -0.843. The van der Waals surface area contributed by atoms with E-state index < -0.39 is 11.4 Å². The average Bonchev–Trinajstić information content (AvgIpc) is 2.80. The Balaban J connectivity index is 1.71. The molecule has 0 aromatic heterocycles. The van der Waals surface area contributed by atoms with E-state index in [4.69, 9.17) is 0 Å². The summed E-state index contributed by atoms with van der Waals surface area (Å²) in [5.41, 5.74) is 1.53. The van der Waals surface area contributed by atoms with E-state index in [1.165, 1.54) is 11.1 Å². The van der Waals surface area contributed by atoms with E-state index in [0.717, 1.165) is 19.3 Å². The molecule has 0 radical (unpaired) electrons. The topological polar surface area (TPSA) is 57.6 Å². The maximum absolute atomic E-state index is 12.5. The highest BCUT2D eigenvalue weighted by Gasteiger charge is 2.52.